The van der Waals surface area contributed by atoms with Gasteiger partial charge in [-0.3, -0.25) is 0 Å². The molecule has 0 aromatic carbocycles. The lowest BCUT2D eigenvalue weighted by atomic mass is 9.89. The Labute approximate surface area is 324 Å². The highest BCUT2D eigenvalue weighted by Gasteiger charge is 2.19. The number of nitriles is 2. The third-order valence-corrected chi connectivity index (χ3v) is 9.19. The average molecular weight is 761 g/mol. The van der Waals surface area contributed by atoms with Gasteiger partial charge in [-0.2, -0.15) is 10.5 Å². The predicted molar refractivity (Wildman–Crippen MR) is 208 cm³/mol. The largest absolute Gasteiger partial charge is 0.478 e. The second kappa shape index (κ2) is 20.5. The Bertz CT molecular complexity index is 2050. The van der Waals surface area contributed by atoms with Crippen molar-refractivity contribution in [3.63, 3.8) is 0 Å². The Kier molecular flexibility index (Phi) is 14.7. The normalized spacial score (nSPS) is 14.5. The van der Waals surface area contributed by atoms with Crippen LogP contribution in [0, 0.1) is 34.5 Å². The number of carboxylic acid groups (broad SMARTS) is 1. The zero-order valence-corrected chi connectivity index (χ0v) is 31.0. The minimum Gasteiger partial charge on any atom is -0.478 e. The second-order valence-electron chi connectivity index (χ2n) is 13.5. The van der Waals surface area contributed by atoms with Crippen LogP contribution in [0.3, 0.4) is 0 Å². The van der Waals surface area contributed by atoms with Gasteiger partial charge in [0.2, 0.25) is 0 Å². The molecule has 0 aliphatic heterocycles. The molecule has 2 aliphatic rings. The van der Waals surface area contributed by atoms with Crippen LogP contribution < -0.4 is 27.0 Å². The number of hydrogen-bond donors (Lipinski definition) is 6. The fourth-order valence-corrected chi connectivity index (χ4v) is 6.29. The summed E-state index contributed by atoms with van der Waals surface area (Å²) in [5.41, 5.74) is 7.38. The number of oxime groups is 1. The standard InChI is InChI=1S/C20H24N8O2.C18H20N6O2/c1-13(22)28-30-20(29)16-11-26-18(27-19-12-23-15(8-21)10-25-19)7-17(16)24-9-14-5-3-2-4-6-14;19-7-13-9-22-17(11-20-13)24-16-6-15(14(10-23-16)18(25)26)21-8-12-4-2-1-3-5-12/h7,10-12,14H,2-6,9H2,1H3,(H2,22,28)(H2,24,25,26,27);6,9-12H,1-5,8H2,(H,25,26)(H2,21,22,23,24). The highest BCUT2D eigenvalue weighted by molar-refractivity contribution is 5.96. The lowest BCUT2D eigenvalue weighted by Gasteiger charge is -2.23. The van der Waals surface area contributed by atoms with Gasteiger partial charge in [0.1, 0.15) is 52.4 Å². The van der Waals surface area contributed by atoms with Gasteiger partial charge in [0.05, 0.1) is 36.2 Å². The molecule has 0 unspecified atom stereocenters. The van der Waals surface area contributed by atoms with Crippen molar-refractivity contribution in [2.24, 2.45) is 22.7 Å². The highest BCUT2D eigenvalue weighted by Crippen LogP contribution is 2.28. The summed E-state index contributed by atoms with van der Waals surface area (Å²) in [6.07, 6.45) is 20.5. The van der Waals surface area contributed by atoms with Crippen LogP contribution in [-0.4, -0.2) is 65.9 Å². The number of carboxylic acids is 1. The molecule has 4 aromatic heterocycles. The van der Waals surface area contributed by atoms with E-state index in [-0.39, 0.29) is 28.4 Å². The second-order valence-corrected chi connectivity index (χ2v) is 13.5. The number of carbonyl (C=O) groups excluding carboxylic acids is 1. The summed E-state index contributed by atoms with van der Waals surface area (Å²) in [6, 6.07) is 7.19. The SMILES string of the molecule is C/C(N)=N\OC(=O)c1cnc(Nc2cnc(C#N)cn2)cc1NCC1CCCCC1.N#Cc1cnc(Nc2cc(NCC3CCCCC3)c(C(=O)O)cn2)cn1. The van der Waals surface area contributed by atoms with Gasteiger partial charge in [-0.15, -0.1) is 0 Å². The van der Waals surface area contributed by atoms with Gasteiger partial charge in [0, 0.05) is 37.6 Å². The lowest BCUT2D eigenvalue weighted by molar-refractivity contribution is 0.0515. The number of nitrogens with two attached hydrogens (primary N) is 1. The monoisotopic (exact) mass is 760 g/mol. The summed E-state index contributed by atoms with van der Waals surface area (Å²) in [5.74, 6) is 1.38. The van der Waals surface area contributed by atoms with Crippen LogP contribution in [0.25, 0.3) is 0 Å². The van der Waals surface area contributed by atoms with Gasteiger partial charge in [0.25, 0.3) is 0 Å². The van der Waals surface area contributed by atoms with Crippen LogP contribution >= 0.6 is 0 Å². The number of amidine groups is 1. The van der Waals surface area contributed by atoms with Gasteiger partial charge >= 0.3 is 11.9 Å². The summed E-state index contributed by atoms with van der Waals surface area (Å²) in [7, 11) is 0. The Morgan fingerprint density at radius 3 is 1.57 bits per heavy atom. The van der Waals surface area contributed by atoms with Crippen molar-refractivity contribution in [3.8, 4) is 12.1 Å². The summed E-state index contributed by atoms with van der Waals surface area (Å²) in [4.78, 5) is 53.2. The number of nitrogens with zero attached hydrogens (tertiary/aromatic N) is 9. The van der Waals surface area contributed by atoms with Crippen LogP contribution in [0.2, 0.25) is 0 Å². The average Bonchev–Trinajstić information content (AvgIpc) is 3.23. The molecule has 6 rings (SSSR count). The molecule has 0 saturated heterocycles. The predicted octanol–water partition coefficient (Wildman–Crippen LogP) is 6.11. The topological polar surface area (TPSA) is 275 Å². The molecule has 2 saturated carbocycles. The van der Waals surface area contributed by atoms with Crippen molar-refractivity contribution in [3.05, 3.63) is 71.8 Å². The molecule has 56 heavy (non-hydrogen) atoms. The van der Waals surface area contributed by atoms with Gasteiger partial charge in [-0.25, -0.2) is 39.5 Å². The number of carbonyl (C=O) groups is 2. The number of aromatic carboxylic acids is 1. The fraction of sp³-hybridized carbons (Fsp3) is 0.395. The van der Waals surface area contributed by atoms with Crippen molar-refractivity contribution >= 4 is 52.4 Å². The number of rotatable bonds is 13. The van der Waals surface area contributed by atoms with E-state index in [1.165, 1.54) is 108 Å². The Morgan fingerprint density at radius 2 is 1.16 bits per heavy atom. The van der Waals surface area contributed by atoms with E-state index in [9.17, 15) is 14.7 Å². The van der Waals surface area contributed by atoms with Gasteiger partial charge < -0.3 is 36.9 Å². The molecule has 2 aliphatic carbocycles. The smallest absolute Gasteiger partial charge is 0.369 e. The first-order chi connectivity index (χ1) is 27.2. The lowest BCUT2D eigenvalue weighted by Crippen LogP contribution is -2.19. The third kappa shape index (κ3) is 12.3. The fourth-order valence-electron chi connectivity index (χ4n) is 6.29. The van der Waals surface area contributed by atoms with E-state index >= 15 is 0 Å². The molecule has 0 bridgehead atoms. The Balaban J connectivity index is 0.000000216. The molecule has 18 nitrogen and oxygen atoms in total. The van der Waals surface area contributed by atoms with Crippen LogP contribution in [0.15, 0.2) is 54.5 Å². The summed E-state index contributed by atoms with van der Waals surface area (Å²) in [6.45, 7) is 3.03. The van der Waals surface area contributed by atoms with E-state index in [0.29, 0.717) is 46.5 Å². The molecule has 0 radical (unpaired) electrons. The number of pyridine rings is 2. The number of anilines is 6. The molecular weight excluding hydrogens is 717 g/mol. The van der Waals surface area contributed by atoms with E-state index in [0.717, 1.165) is 13.1 Å². The van der Waals surface area contributed by atoms with E-state index in [1.807, 2.05) is 12.1 Å². The van der Waals surface area contributed by atoms with Crippen molar-refractivity contribution < 1.29 is 19.5 Å². The maximum atomic E-state index is 12.4. The number of hydrogen-bond acceptors (Lipinski definition) is 16. The van der Waals surface area contributed by atoms with Crippen LogP contribution in [0.5, 0.6) is 0 Å². The van der Waals surface area contributed by atoms with Crippen LogP contribution in [0.1, 0.15) is 103 Å². The maximum absolute atomic E-state index is 12.4. The first-order valence-electron chi connectivity index (χ1n) is 18.4. The molecule has 4 aromatic rings. The van der Waals surface area contributed by atoms with Gasteiger partial charge in [-0.05, 0) is 44.4 Å². The minimum absolute atomic E-state index is 0.136. The molecule has 0 spiro atoms. The quantitative estimate of drug-likeness (QED) is 0.0388. The Morgan fingerprint density at radius 1 is 0.714 bits per heavy atom. The molecule has 0 atom stereocenters. The molecule has 4 heterocycles. The van der Waals surface area contributed by atoms with Crippen molar-refractivity contribution in [1.82, 2.24) is 29.9 Å². The zero-order valence-electron chi connectivity index (χ0n) is 31.0. The first kappa shape index (κ1) is 40.2. The first-order valence-corrected chi connectivity index (χ1v) is 18.4. The van der Waals surface area contributed by atoms with Crippen molar-refractivity contribution in [1.29, 1.82) is 10.5 Å². The molecule has 0 amide bonds. The molecular formula is C38H44N14O4. The van der Waals surface area contributed by atoms with E-state index in [4.69, 9.17) is 21.1 Å². The molecule has 18 heteroatoms. The third-order valence-electron chi connectivity index (χ3n) is 9.19. The van der Waals surface area contributed by atoms with E-state index in [2.05, 4.69) is 56.3 Å². The van der Waals surface area contributed by atoms with Gasteiger partial charge in [-0.1, -0.05) is 43.7 Å². The summed E-state index contributed by atoms with van der Waals surface area (Å²) < 4.78 is 0. The molecule has 2 fully saturated rings. The van der Waals surface area contributed by atoms with Crippen LogP contribution in [-0.2, 0) is 4.84 Å². The van der Waals surface area contributed by atoms with Gasteiger partial charge in [0.15, 0.2) is 11.4 Å². The molecule has 290 valence electrons. The van der Waals surface area contributed by atoms with E-state index < -0.39 is 11.9 Å². The number of nitrogens with one attached hydrogen (secondary N) is 4. The summed E-state index contributed by atoms with van der Waals surface area (Å²) in [5, 5.41) is 43.1. The summed E-state index contributed by atoms with van der Waals surface area (Å²) >= 11 is 0. The Hall–Kier alpha value is -6.95. The molecule has 7 N–H and O–H groups in total. The maximum Gasteiger partial charge on any atom is 0.369 e. The minimum atomic E-state index is -1.02. The van der Waals surface area contributed by atoms with Crippen LogP contribution in [0.4, 0.5) is 34.6 Å². The zero-order chi connectivity index (χ0) is 39.7. The number of aromatic nitrogens is 6. The van der Waals surface area contributed by atoms with Crippen molar-refractivity contribution in [2.45, 2.75) is 71.1 Å². The van der Waals surface area contributed by atoms with Crippen molar-refractivity contribution in [2.75, 3.05) is 34.4 Å². The highest BCUT2D eigenvalue weighted by atomic mass is 16.7. The van der Waals surface area contributed by atoms with E-state index in [1.54, 1.807) is 12.1 Å².